The van der Waals surface area contributed by atoms with Crippen molar-refractivity contribution in [2.24, 2.45) is 11.8 Å². The molecular formula is C17H24F3N3O3. The minimum absolute atomic E-state index is 0.108. The molecule has 0 radical (unpaired) electrons. The molecule has 0 bridgehead atoms. The molecule has 0 aromatic heterocycles. The van der Waals surface area contributed by atoms with E-state index in [1.165, 1.54) is 0 Å². The highest BCUT2D eigenvalue weighted by Crippen LogP contribution is 2.34. The second kappa shape index (κ2) is 6.42. The number of rotatable bonds is 3. The van der Waals surface area contributed by atoms with Gasteiger partial charge in [-0.05, 0) is 26.7 Å². The van der Waals surface area contributed by atoms with Gasteiger partial charge >= 0.3 is 6.18 Å². The van der Waals surface area contributed by atoms with Gasteiger partial charge in [0, 0.05) is 38.5 Å². The quantitative estimate of drug-likeness (QED) is 0.746. The van der Waals surface area contributed by atoms with Gasteiger partial charge in [0.25, 0.3) is 0 Å². The van der Waals surface area contributed by atoms with Crippen molar-refractivity contribution in [3.63, 3.8) is 0 Å². The molecule has 26 heavy (non-hydrogen) atoms. The molecule has 3 rings (SSSR count). The summed E-state index contributed by atoms with van der Waals surface area (Å²) in [7, 11) is 0. The van der Waals surface area contributed by atoms with E-state index < -0.39 is 30.1 Å². The number of halogens is 3. The molecule has 0 aromatic carbocycles. The fraction of sp³-hybridized carbons (Fsp3) is 0.824. The minimum atomic E-state index is -4.47. The lowest BCUT2D eigenvalue weighted by molar-refractivity contribution is -0.158. The largest absolute Gasteiger partial charge is 0.406 e. The standard InChI is InChI=1S/C17H24F3N3O3/c1-16(2)9-21(14(25)11-3-4-11)5-6-23(16)15(26)12-7-13(24)22(8-12)10-17(18,19)20/h11-12H,3-10H2,1-2H3. The van der Waals surface area contributed by atoms with Crippen LogP contribution in [0.15, 0.2) is 0 Å². The Hall–Kier alpha value is -1.80. The van der Waals surface area contributed by atoms with Crippen LogP contribution in [-0.4, -0.2) is 76.9 Å². The molecule has 6 nitrogen and oxygen atoms in total. The zero-order valence-electron chi connectivity index (χ0n) is 15.0. The highest BCUT2D eigenvalue weighted by molar-refractivity contribution is 5.90. The zero-order chi connectivity index (χ0) is 19.3. The SMILES string of the molecule is CC1(C)CN(C(=O)C2CC2)CCN1C(=O)C1CC(=O)N(CC(F)(F)F)C1. The molecule has 0 spiro atoms. The molecule has 2 saturated heterocycles. The maximum Gasteiger partial charge on any atom is 0.406 e. The van der Waals surface area contributed by atoms with Crippen LogP contribution >= 0.6 is 0 Å². The Labute approximate surface area is 150 Å². The Kier molecular flexibility index (Phi) is 4.69. The Balaban J connectivity index is 1.63. The normalized spacial score (nSPS) is 26.4. The maximum absolute atomic E-state index is 12.9. The lowest BCUT2D eigenvalue weighted by Gasteiger charge is -2.48. The molecule has 1 saturated carbocycles. The molecule has 2 heterocycles. The van der Waals surface area contributed by atoms with Crippen molar-refractivity contribution < 1.29 is 27.6 Å². The minimum Gasteiger partial charge on any atom is -0.338 e. The van der Waals surface area contributed by atoms with Crippen molar-refractivity contribution in [3.8, 4) is 0 Å². The van der Waals surface area contributed by atoms with Gasteiger partial charge in [0.1, 0.15) is 6.54 Å². The van der Waals surface area contributed by atoms with Gasteiger partial charge in [0.2, 0.25) is 17.7 Å². The summed E-state index contributed by atoms with van der Waals surface area (Å²) in [5.74, 6) is -1.46. The fourth-order valence-corrected chi connectivity index (χ4v) is 3.87. The first-order chi connectivity index (χ1) is 12.0. The third-order valence-electron chi connectivity index (χ3n) is 5.34. The fourth-order valence-electron chi connectivity index (χ4n) is 3.87. The number of hydrogen-bond acceptors (Lipinski definition) is 3. The predicted octanol–water partition coefficient (Wildman–Crippen LogP) is 1.26. The van der Waals surface area contributed by atoms with E-state index in [-0.39, 0.29) is 30.7 Å². The number of carbonyl (C=O) groups is 3. The van der Waals surface area contributed by atoms with E-state index in [2.05, 4.69) is 0 Å². The molecule has 2 aliphatic heterocycles. The van der Waals surface area contributed by atoms with Crippen LogP contribution in [0, 0.1) is 11.8 Å². The summed E-state index contributed by atoms with van der Waals surface area (Å²) in [5, 5.41) is 0. The summed E-state index contributed by atoms with van der Waals surface area (Å²) in [6.45, 7) is 3.35. The van der Waals surface area contributed by atoms with Crippen molar-refractivity contribution in [2.45, 2.75) is 44.8 Å². The zero-order valence-corrected chi connectivity index (χ0v) is 15.0. The van der Waals surface area contributed by atoms with Crippen molar-refractivity contribution in [2.75, 3.05) is 32.7 Å². The lowest BCUT2D eigenvalue weighted by Crippen LogP contribution is -2.63. The third kappa shape index (κ3) is 3.96. The van der Waals surface area contributed by atoms with E-state index >= 15 is 0 Å². The van der Waals surface area contributed by atoms with Crippen LogP contribution in [0.25, 0.3) is 0 Å². The molecular weight excluding hydrogens is 351 g/mol. The second-order valence-corrected chi connectivity index (χ2v) is 8.13. The second-order valence-electron chi connectivity index (χ2n) is 8.13. The topological polar surface area (TPSA) is 60.9 Å². The maximum atomic E-state index is 12.9. The predicted molar refractivity (Wildman–Crippen MR) is 85.8 cm³/mol. The Morgan fingerprint density at radius 3 is 2.31 bits per heavy atom. The van der Waals surface area contributed by atoms with Crippen LogP contribution in [0.2, 0.25) is 0 Å². The lowest BCUT2D eigenvalue weighted by atomic mass is 9.95. The van der Waals surface area contributed by atoms with Gasteiger partial charge in [-0.1, -0.05) is 0 Å². The van der Waals surface area contributed by atoms with Crippen LogP contribution in [0.1, 0.15) is 33.1 Å². The Morgan fingerprint density at radius 2 is 1.77 bits per heavy atom. The van der Waals surface area contributed by atoms with Crippen molar-refractivity contribution in [3.05, 3.63) is 0 Å². The van der Waals surface area contributed by atoms with E-state index in [1.54, 1.807) is 9.80 Å². The first kappa shape index (κ1) is 19.0. The van der Waals surface area contributed by atoms with E-state index in [4.69, 9.17) is 0 Å². The van der Waals surface area contributed by atoms with Gasteiger partial charge in [0.05, 0.1) is 11.5 Å². The third-order valence-corrected chi connectivity index (χ3v) is 5.34. The average Bonchev–Trinajstić information content (AvgIpc) is 3.29. The first-order valence-corrected chi connectivity index (χ1v) is 8.93. The number of piperazine rings is 1. The number of hydrogen-bond donors (Lipinski definition) is 0. The van der Waals surface area contributed by atoms with Crippen molar-refractivity contribution in [1.29, 1.82) is 0 Å². The summed E-state index contributed by atoms with van der Waals surface area (Å²) in [6, 6.07) is 0. The molecule has 3 aliphatic rings. The van der Waals surface area contributed by atoms with Gasteiger partial charge in [-0.25, -0.2) is 0 Å². The van der Waals surface area contributed by atoms with Crippen LogP contribution < -0.4 is 0 Å². The monoisotopic (exact) mass is 375 g/mol. The van der Waals surface area contributed by atoms with E-state index in [0.29, 0.717) is 24.5 Å². The van der Waals surface area contributed by atoms with Crippen molar-refractivity contribution in [1.82, 2.24) is 14.7 Å². The molecule has 1 aliphatic carbocycles. The molecule has 0 N–H and O–H groups in total. The van der Waals surface area contributed by atoms with Gasteiger partial charge in [0.15, 0.2) is 0 Å². The van der Waals surface area contributed by atoms with Crippen LogP contribution in [0.3, 0.4) is 0 Å². The summed E-state index contributed by atoms with van der Waals surface area (Å²) in [4.78, 5) is 41.1. The number of amides is 3. The molecule has 1 atom stereocenters. The number of likely N-dealkylation sites (tertiary alicyclic amines) is 1. The van der Waals surface area contributed by atoms with E-state index in [0.717, 1.165) is 12.8 Å². The molecule has 3 amide bonds. The molecule has 0 aromatic rings. The Bertz CT molecular complexity index is 616. The number of alkyl halides is 3. The van der Waals surface area contributed by atoms with Gasteiger partial charge in [-0.2, -0.15) is 13.2 Å². The highest BCUT2D eigenvalue weighted by Gasteiger charge is 2.46. The highest BCUT2D eigenvalue weighted by atomic mass is 19.4. The van der Waals surface area contributed by atoms with Crippen LogP contribution in [0.4, 0.5) is 13.2 Å². The van der Waals surface area contributed by atoms with E-state index in [9.17, 15) is 27.6 Å². The van der Waals surface area contributed by atoms with Crippen LogP contribution in [0.5, 0.6) is 0 Å². The van der Waals surface area contributed by atoms with Crippen molar-refractivity contribution >= 4 is 17.7 Å². The van der Waals surface area contributed by atoms with Gasteiger partial charge in [-0.3, -0.25) is 14.4 Å². The average molecular weight is 375 g/mol. The molecule has 146 valence electrons. The molecule has 3 fully saturated rings. The van der Waals surface area contributed by atoms with E-state index in [1.807, 2.05) is 13.8 Å². The summed E-state index contributed by atoms with van der Waals surface area (Å²) < 4.78 is 37.6. The number of carbonyl (C=O) groups excluding carboxylic acids is 3. The van der Waals surface area contributed by atoms with Gasteiger partial charge in [-0.15, -0.1) is 0 Å². The summed E-state index contributed by atoms with van der Waals surface area (Å²) in [5.41, 5.74) is -0.611. The number of nitrogens with zero attached hydrogens (tertiary/aromatic N) is 3. The molecule has 1 unspecified atom stereocenters. The Morgan fingerprint density at radius 1 is 1.12 bits per heavy atom. The smallest absolute Gasteiger partial charge is 0.338 e. The van der Waals surface area contributed by atoms with Gasteiger partial charge < -0.3 is 14.7 Å². The summed E-state index contributed by atoms with van der Waals surface area (Å²) in [6.07, 6.45) is -2.83. The molecule has 9 heteroatoms. The first-order valence-electron chi connectivity index (χ1n) is 8.93. The summed E-state index contributed by atoms with van der Waals surface area (Å²) >= 11 is 0. The van der Waals surface area contributed by atoms with Crippen LogP contribution in [-0.2, 0) is 14.4 Å².